The zero-order chi connectivity index (χ0) is 20.1. The van der Waals surface area contributed by atoms with Gasteiger partial charge in [0.1, 0.15) is 13.2 Å². The first-order chi connectivity index (χ1) is 13.3. The van der Waals surface area contributed by atoms with Gasteiger partial charge in [-0.15, -0.1) is 0 Å². The number of anilines is 1. The number of nitrogens with one attached hydrogen (secondary N) is 1. The molecular weight excluding hydrogens is 334 g/mol. The van der Waals surface area contributed by atoms with E-state index in [9.17, 15) is 0 Å². The summed E-state index contributed by atoms with van der Waals surface area (Å²) < 4.78 is 10.7. The molecule has 3 nitrogen and oxygen atoms in total. The summed E-state index contributed by atoms with van der Waals surface area (Å²) in [5, 5.41) is 3.41. The molecule has 0 amide bonds. The molecule has 2 aliphatic heterocycles. The van der Waals surface area contributed by atoms with E-state index in [1.165, 1.54) is 28.9 Å². The monoisotopic (exact) mass is 369 g/mol. The van der Waals surface area contributed by atoms with Crippen molar-refractivity contribution in [2.45, 2.75) is 54.4 Å². The zero-order valence-electron chi connectivity index (χ0n) is 17.8. The SMILES string of the molecule is C/C=C1/CCc2ccccc2N1.CC.CC.Cc1ccc2c(c1)OCCO2. The van der Waals surface area contributed by atoms with Crippen LogP contribution in [0.1, 0.15) is 52.2 Å². The first-order valence-electron chi connectivity index (χ1n) is 10.1. The van der Waals surface area contributed by atoms with Crippen LogP contribution in [-0.2, 0) is 6.42 Å². The Labute approximate surface area is 165 Å². The van der Waals surface area contributed by atoms with Crippen molar-refractivity contribution in [2.24, 2.45) is 0 Å². The lowest BCUT2D eigenvalue weighted by Gasteiger charge is -2.20. The molecule has 0 atom stereocenters. The van der Waals surface area contributed by atoms with Crippen LogP contribution in [0, 0.1) is 6.92 Å². The molecule has 0 spiro atoms. The van der Waals surface area contributed by atoms with Crippen LogP contribution in [0.25, 0.3) is 0 Å². The second kappa shape index (κ2) is 12.9. The number of hydrogen-bond donors (Lipinski definition) is 1. The van der Waals surface area contributed by atoms with E-state index in [0.29, 0.717) is 13.2 Å². The smallest absolute Gasteiger partial charge is 0.161 e. The number of allylic oxidation sites excluding steroid dienone is 2. The van der Waals surface area contributed by atoms with Crippen molar-refractivity contribution in [2.75, 3.05) is 18.5 Å². The summed E-state index contributed by atoms with van der Waals surface area (Å²) in [5.41, 5.74) is 5.25. The van der Waals surface area contributed by atoms with Gasteiger partial charge in [0, 0.05) is 11.4 Å². The van der Waals surface area contributed by atoms with Crippen molar-refractivity contribution in [3.05, 3.63) is 65.4 Å². The lowest BCUT2D eigenvalue weighted by molar-refractivity contribution is 0.171. The summed E-state index contributed by atoms with van der Waals surface area (Å²) in [4.78, 5) is 0. The molecule has 4 rings (SSSR count). The first kappa shape index (κ1) is 22.6. The summed E-state index contributed by atoms with van der Waals surface area (Å²) in [5.74, 6) is 1.73. The zero-order valence-corrected chi connectivity index (χ0v) is 17.8. The van der Waals surface area contributed by atoms with Crippen LogP contribution in [0.2, 0.25) is 0 Å². The Hall–Kier alpha value is -2.42. The van der Waals surface area contributed by atoms with Gasteiger partial charge in [-0.3, -0.25) is 0 Å². The highest BCUT2D eigenvalue weighted by Gasteiger charge is 2.10. The molecule has 0 bridgehead atoms. The van der Waals surface area contributed by atoms with Crippen LogP contribution in [0.5, 0.6) is 11.5 Å². The highest BCUT2D eigenvalue weighted by Crippen LogP contribution is 2.30. The number of rotatable bonds is 0. The second-order valence-corrected chi connectivity index (χ2v) is 5.74. The topological polar surface area (TPSA) is 30.5 Å². The Kier molecular flexibility index (Phi) is 10.8. The molecule has 3 heteroatoms. The van der Waals surface area contributed by atoms with Crippen molar-refractivity contribution in [1.29, 1.82) is 0 Å². The standard InChI is InChI=1S/C11H13N.C9H10O2.2C2H6/c1-2-10-8-7-9-5-3-4-6-11(9)12-10;1-7-2-3-8-9(6-7)11-5-4-10-8;2*1-2/h2-6,12H,7-8H2,1H3;2-3,6H,4-5H2,1H3;2*1-2H3/b10-2-;;;. The van der Waals surface area contributed by atoms with Gasteiger partial charge in [0.25, 0.3) is 0 Å². The number of hydrogen-bond acceptors (Lipinski definition) is 3. The average Bonchev–Trinajstić information content (AvgIpc) is 2.76. The summed E-state index contributed by atoms with van der Waals surface area (Å²) in [7, 11) is 0. The van der Waals surface area contributed by atoms with Crippen LogP contribution in [-0.4, -0.2) is 13.2 Å². The molecular formula is C24H35NO2. The molecule has 0 radical (unpaired) electrons. The van der Waals surface area contributed by atoms with Crippen LogP contribution >= 0.6 is 0 Å². The maximum absolute atomic E-state index is 5.38. The van der Waals surface area contributed by atoms with Crippen LogP contribution in [0.3, 0.4) is 0 Å². The van der Waals surface area contributed by atoms with Crippen molar-refractivity contribution in [3.63, 3.8) is 0 Å². The van der Waals surface area contributed by atoms with Gasteiger partial charge in [-0.05, 0) is 56.0 Å². The minimum atomic E-state index is 0.663. The van der Waals surface area contributed by atoms with E-state index in [4.69, 9.17) is 9.47 Å². The van der Waals surface area contributed by atoms with Gasteiger partial charge in [0.2, 0.25) is 0 Å². The minimum Gasteiger partial charge on any atom is -0.486 e. The molecule has 0 fully saturated rings. The molecule has 2 heterocycles. The summed E-state index contributed by atoms with van der Waals surface area (Å²) >= 11 is 0. The van der Waals surface area contributed by atoms with Gasteiger partial charge in [-0.25, -0.2) is 0 Å². The first-order valence-corrected chi connectivity index (χ1v) is 10.1. The van der Waals surface area contributed by atoms with Crippen molar-refractivity contribution in [3.8, 4) is 11.5 Å². The predicted molar refractivity (Wildman–Crippen MR) is 117 cm³/mol. The molecule has 2 aromatic rings. The molecule has 1 N–H and O–H groups in total. The predicted octanol–water partition coefficient (Wildman–Crippen LogP) is 6.77. The Morgan fingerprint density at radius 3 is 2.22 bits per heavy atom. The molecule has 148 valence electrons. The molecule has 0 aliphatic carbocycles. The van der Waals surface area contributed by atoms with Gasteiger partial charge in [-0.1, -0.05) is 58.0 Å². The summed E-state index contributed by atoms with van der Waals surface area (Å²) in [6, 6.07) is 14.5. The van der Waals surface area contributed by atoms with E-state index >= 15 is 0 Å². The summed E-state index contributed by atoms with van der Waals surface area (Å²) in [6.07, 6.45) is 4.46. The van der Waals surface area contributed by atoms with Crippen molar-refractivity contribution in [1.82, 2.24) is 0 Å². The van der Waals surface area contributed by atoms with Crippen LogP contribution in [0.15, 0.2) is 54.2 Å². The average molecular weight is 370 g/mol. The number of fused-ring (bicyclic) bond motifs is 2. The molecule has 2 aromatic carbocycles. The number of aryl methyl sites for hydroxylation is 2. The fraction of sp³-hybridized carbons (Fsp3) is 0.417. The highest BCUT2D eigenvalue weighted by molar-refractivity contribution is 5.57. The minimum absolute atomic E-state index is 0.663. The van der Waals surface area contributed by atoms with Gasteiger partial charge in [0.05, 0.1) is 0 Å². The summed E-state index contributed by atoms with van der Waals surface area (Å²) in [6.45, 7) is 13.4. The molecule has 0 saturated carbocycles. The number of para-hydroxylation sites is 1. The van der Waals surface area contributed by atoms with Gasteiger partial charge in [-0.2, -0.15) is 0 Å². The van der Waals surface area contributed by atoms with Gasteiger partial charge < -0.3 is 14.8 Å². The van der Waals surface area contributed by atoms with E-state index in [1.54, 1.807) is 0 Å². The number of ether oxygens (including phenoxy) is 2. The fourth-order valence-electron chi connectivity index (χ4n) is 2.73. The molecule has 2 aliphatic rings. The van der Waals surface area contributed by atoms with Gasteiger partial charge >= 0.3 is 0 Å². The largest absolute Gasteiger partial charge is 0.486 e. The third-order valence-electron chi connectivity index (χ3n) is 4.02. The van der Waals surface area contributed by atoms with E-state index in [-0.39, 0.29) is 0 Å². The quantitative estimate of drug-likeness (QED) is 0.556. The lowest BCUT2D eigenvalue weighted by Crippen LogP contribution is -2.15. The Balaban J connectivity index is 0.000000229. The van der Waals surface area contributed by atoms with Crippen LogP contribution in [0.4, 0.5) is 5.69 Å². The third-order valence-corrected chi connectivity index (χ3v) is 4.02. The Morgan fingerprint density at radius 2 is 1.52 bits per heavy atom. The van der Waals surface area contributed by atoms with E-state index < -0.39 is 0 Å². The normalized spacial score (nSPS) is 14.7. The maximum atomic E-state index is 5.38. The fourth-order valence-corrected chi connectivity index (χ4v) is 2.73. The maximum Gasteiger partial charge on any atom is 0.161 e. The van der Waals surface area contributed by atoms with Crippen LogP contribution < -0.4 is 14.8 Å². The Morgan fingerprint density at radius 1 is 0.852 bits per heavy atom. The van der Waals surface area contributed by atoms with Gasteiger partial charge in [0.15, 0.2) is 11.5 Å². The van der Waals surface area contributed by atoms with E-state index in [0.717, 1.165) is 17.9 Å². The van der Waals surface area contributed by atoms with Crippen molar-refractivity contribution < 1.29 is 9.47 Å². The molecule has 0 aromatic heterocycles. The lowest BCUT2D eigenvalue weighted by atomic mass is 10.0. The molecule has 0 saturated heterocycles. The Bertz CT molecular complexity index is 707. The second-order valence-electron chi connectivity index (χ2n) is 5.74. The molecule has 0 unspecified atom stereocenters. The van der Waals surface area contributed by atoms with E-state index in [2.05, 4.69) is 42.6 Å². The van der Waals surface area contributed by atoms with E-state index in [1.807, 2.05) is 52.8 Å². The number of benzene rings is 2. The van der Waals surface area contributed by atoms with Crippen molar-refractivity contribution >= 4 is 5.69 Å². The molecule has 27 heavy (non-hydrogen) atoms. The highest BCUT2D eigenvalue weighted by atomic mass is 16.6. The third kappa shape index (κ3) is 7.01.